The van der Waals surface area contributed by atoms with Crippen molar-refractivity contribution in [3.63, 3.8) is 0 Å². The van der Waals surface area contributed by atoms with Crippen LogP contribution in [0.1, 0.15) is 11.3 Å². The van der Waals surface area contributed by atoms with Crippen molar-refractivity contribution in [2.45, 2.75) is 18.9 Å². The zero-order chi connectivity index (χ0) is 12.1. The molecule has 1 amide bonds. The van der Waals surface area contributed by atoms with E-state index in [-0.39, 0.29) is 11.9 Å². The normalized spacial score (nSPS) is 20.6. The number of carbonyl (C=O) groups excluding carboxylic acids is 1. The van der Waals surface area contributed by atoms with Gasteiger partial charge in [-0.15, -0.1) is 11.3 Å². The van der Waals surface area contributed by atoms with E-state index in [0.717, 1.165) is 32.5 Å². The third-order valence-corrected chi connectivity index (χ3v) is 3.89. The Morgan fingerprint density at radius 1 is 1.65 bits per heavy atom. The standard InChI is InChI=1S/C12H19N3OS/c13-10-4-6-15(8-10)9-12(16)14-5-3-11-2-1-7-17-11/h1-2,7,10H,3-6,8-9,13H2,(H,14,16)/t10-/m0/s1. The molecule has 4 nitrogen and oxygen atoms in total. The summed E-state index contributed by atoms with van der Waals surface area (Å²) in [5.74, 6) is 0.107. The molecule has 1 fully saturated rings. The van der Waals surface area contributed by atoms with E-state index in [9.17, 15) is 4.79 Å². The second kappa shape index (κ2) is 6.14. The molecule has 0 aliphatic carbocycles. The maximum absolute atomic E-state index is 11.6. The van der Waals surface area contributed by atoms with Gasteiger partial charge in [0.05, 0.1) is 6.54 Å². The van der Waals surface area contributed by atoms with Crippen LogP contribution in [0.15, 0.2) is 17.5 Å². The number of nitrogens with one attached hydrogen (secondary N) is 1. The molecular formula is C12H19N3OS. The number of nitrogens with zero attached hydrogens (tertiary/aromatic N) is 1. The van der Waals surface area contributed by atoms with Gasteiger partial charge in [-0.25, -0.2) is 0 Å². The number of rotatable bonds is 5. The van der Waals surface area contributed by atoms with Gasteiger partial charge in [-0.2, -0.15) is 0 Å². The predicted molar refractivity (Wildman–Crippen MR) is 70.1 cm³/mol. The first-order chi connectivity index (χ1) is 8.24. The van der Waals surface area contributed by atoms with Crippen molar-refractivity contribution < 1.29 is 4.79 Å². The number of carbonyl (C=O) groups is 1. The molecule has 1 aromatic rings. The Kier molecular flexibility index (Phi) is 4.53. The molecule has 2 rings (SSSR count). The summed E-state index contributed by atoms with van der Waals surface area (Å²) in [6.45, 7) is 3.00. The van der Waals surface area contributed by atoms with Gasteiger partial charge in [0.25, 0.3) is 0 Å². The zero-order valence-electron chi connectivity index (χ0n) is 9.89. The number of amides is 1. The Labute approximate surface area is 106 Å². The average molecular weight is 253 g/mol. The Morgan fingerprint density at radius 2 is 2.53 bits per heavy atom. The van der Waals surface area contributed by atoms with E-state index in [2.05, 4.69) is 21.7 Å². The summed E-state index contributed by atoms with van der Waals surface area (Å²) >= 11 is 1.73. The lowest BCUT2D eigenvalue weighted by Gasteiger charge is -2.14. The van der Waals surface area contributed by atoms with Gasteiger partial charge in [0.15, 0.2) is 0 Å². The molecule has 1 saturated heterocycles. The smallest absolute Gasteiger partial charge is 0.234 e. The molecule has 94 valence electrons. The van der Waals surface area contributed by atoms with Gasteiger partial charge in [0, 0.05) is 30.6 Å². The third-order valence-electron chi connectivity index (χ3n) is 2.95. The number of hydrogen-bond acceptors (Lipinski definition) is 4. The van der Waals surface area contributed by atoms with Crippen molar-refractivity contribution >= 4 is 17.2 Å². The highest BCUT2D eigenvalue weighted by molar-refractivity contribution is 7.09. The third kappa shape index (κ3) is 4.11. The minimum atomic E-state index is 0.107. The highest BCUT2D eigenvalue weighted by Crippen LogP contribution is 2.08. The summed E-state index contributed by atoms with van der Waals surface area (Å²) in [4.78, 5) is 15.1. The molecule has 2 heterocycles. The van der Waals surface area contributed by atoms with Crippen molar-refractivity contribution in [2.24, 2.45) is 5.73 Å². The van der Waals surface area contributed by atoms with Crippen molar-refractivity contribution in [2.75, 3.05) is 26.2 Å². The predicted octanol–water partition coefficient (Wildman–Crippen LogP) is 0.440. The van der Waals surface area contributed by atoms with Gasteiger partial charge in [0.1, 0.15) is 0 Å². The lowest BCUT2D eigenvalue weighted by molar-refractivity contribution is -0.121. The number of likely N-dealkylation sites (tertiary alicyclic amines) is 1. The summed E-state index contributed by atoms with van der Waals surface area (Å²) in [6.07, 6.45) is 1.92. The van der Waals surface area contributed by atoms with Gasteiger partial charge in [-0.1, -0.05) is 6.07 Å². The van der Waals surface area contributed by atoms with Gasteiger partial charge in [-0.05, 0) is 24.3 Å². The van der Waals surface area contributed by atoms with Crippen LogP contribution in [0, 0.1) is 0 Å². The topological polar surface area (TPSA) is 58.4 Å². The fourth-order valence-corrected chi connectivity index (χ4v) is 2.75. The summed E-state index contributed by atoms with van der Waals surface area (Å²) in [5.41, 5.74) is 5.79. The SMILES string of the molecule is N[C@H]1CCN(CC(=O)NCCc2cccs2)C1. The van der Waals surface area contributed by atoms with E-state index in [1.807, 2.05) is 6.07 Å². The molecule has 1 atom stereocenters. The first-order valence-corrected chi connectivity index (χ1v) is 6.89. The highest BCUT2D eigenvalue weighted by atomic mass is 32.1. The first-order valence-electron chi connectivity index (χ1n) is 6.01. The molecule has 0 unspecified atom stereocenters. The monoisotopic (exact) mass is 253 g/mol. The Balaban J connectivity index is 1.61. The van der Waals surface area contributed by atoms with Crippen LogP contribution in [0.2, 0.25) is 0 Å². The van der Waals surface area contributed by atoms with E-state index in [1.54, 1.807) is 11.3 Å². The fraction of sp³-hybridized carbons (Fsp3) is 0.583. The van der Waals surface area contributed by atoms with Crippen molar-refractivity contribution in [3.8, 4) is 0 Å². The van der Waals surface area contributed by atoms with Crippen LogP contribution >= 0.6 is 11.3 Å². The van der Waals surface area contributed by atoms with Crippen LogP contribution in [0.4, 0.5) is 0 Å². The highest BCUT2D eigenvalue weighted by Gasteiger charge is 2.20. The molecule has 0 saturated carbocycles. The Bertz CT molecular complexity index is 353. The summed E-state index contributed by atoms with van der Waals surface area (Å²) in [5, 5.41) is 5.01. The number of nitrogens with two attached hydrogens (primary N) is 1. The van der Waals surface area contributed by atoms with Gasteiger partial charge >= 0.3 is 0 Å². The maximum atomic E-state index is 11.6. The van der Waals surface area contributed by atoms with Crippen LogP contribution in [-0.4, -0.2) is 43.0 Å². The van der Waals surface area contributed by atoms with Crippen LogP contribution in [0.25, 0.3) is 0 Å². The largest absolute Gasteiger partial charge is 0.355 e. The van der Waals surface area contributed by atoms with Crippen LogP contribution < -0.4 is 11.1 Å². The van der Waals surface area contributed by atoms with E-state index < -0.39 is 0 Å². The molecule has 0 radical (unpaired) electrons. The lowest BCUT2D eigenvalue weighted by Crippen LogP contribution is -2.38. The van der Waals surface area contributed by atoms with Crippen LogP contribution in [0.5, 0.6) is 0 Å². The minimum absolute atomic E-state index is 0.107. The molecule has 0 bridgehead atoms. The molecule has 0 spiro atoms. The average Bonchev–Trinajstić information content (AvgIpc) is 2.90. The molecule has 3 N–H and O–H groups in total. The maximum Gasteiger partial charge on any atom is 0.234 e. The van der Waals surface area contributed by atoms with Crippen molar-refractivity contribution in [1.29, 1.82) is 0 Å². The lowest BCUT2D eigenvalue weighted by atomic mass is 10.3. The Morgan fingerprint density at radius 3 is 3.18 bits per heavy atom. The minimum Gasteiger partial charge on any atom is -0.355 e. The molecule has 17 heavy (non-hydrogen) atoms. The summed E-state index contributed by atoms with van der Waals surface area (Å²) < 4.78 is 0. The molecule has 1 aliphatic heterocycles. The molecular weight excluding hydrogens is 234 g/mol. The summed E-state index contributed by atoms with van der Waals surface area (Å²) in [6, 6.07) is 4.37. The second-order valence-corrected chi connectivity index (χ2v) is 5.50. The van der Waals surface area contributed by atoms with E-state index >= 15 is 0 Å². The van der Waals surface area contributed by atoms with Crippen LogP contribution in [0.3, 0.4) is 0 Å². The van der Waals surface area contributed by atoms with Crippen LogP contribution in [-0.2, 0) is 11.2 Å². The number of hydrogen-bond donors (Lipinski definition) is 2. The van der Waals surface area contributed by atoms with Crippen molar-refractivity contribution in [3.05, 3.63) is 22.4 Å². The fourth-order valence-electron chi connectivity index (χ4n) is 2.05. The van der Waals surface area contributed by atoms with E-state index in [1.165, 1.54) is 4.88 Å². The molecule has 1 aliphatic rings. The molecule has 5 heteroatoms. The van der Waals surface area contributed by atoms with Gasteiger partial charge in [0.2, 0.25) is 5.91 Å². The van der Waals surface area contributed by atoms with Gasteiger partial charge in [-0.3, -0.25) is 9.69 Å². The van der Waals surface area contributed by atoms with E-state index in [4.69, 9.17) is 5.73 Å². The zero-order valence-corrected chi connectivity index (χ0v) is 10.7. The van der Waals surface area contributed by atoms with E-state index in [0.29, 0.717) is 6.54 Å². The Hall–Kier alpha value is -0.910. The summed E-state index contributed by atoms with van der Waals surface area (Å²) in [7, 11) is 0. The molecule has 0 aromatic carbocycles. The first kappa shape index (κ1) is 12.5. The van der Waals surface area contributed by atoms with Crippen molar-refractivity contribution in [1.82, 2.24) is 10.2 Å². The second-order valence-electron chi connectivity index (χ2n) is 4.46. The number of thiophene rings is 1. The van der Waals surface area contributed by atoms with Gasteiger partial charge < -0.3 is 11.1 Å². The quantitative estimate of drug-likeness (QED) is 0.800. The molecule has 1 aromatic heterocycles.